The number of rotatable bonds is 9. The number of carbonyl (C=O) groups excluding carboxylic acids is 1. The third kappa shape index (κ3) is 6.51. The SMILES string of the molecule is Cc1ccc(S(=O)(=O)Nc2ccc(C(=O)NCCCOC(C)C)cc2Cl)cc1. The van der Waals surface area contributed by atoms with Crippen LogP contribution in [0.4, 0.5) is 5.69 Å². The van der Waals surface area contributed by atoms with Crippen LogP contribution in [0.2, 0.25) is 5.02 Å². The van der Waals surface area contributed by atoms with Gasteiger partial charge in [-0.1, -0.05) is 29.3 Å². The van der Waals surface area contributed by atoms with E-state index in [1.807, 2.05) is 20.8 Å². The summed E-state index contributed by atoms with van der Waals surface area (Å²) in [5.74, 6) is -0.278. The summed E-state index contributed by atoms with van der Waals surface area (Å²) in [6, 6.07) is 10.9. The number of sulfonamides is 1. The van der Waals surface area contributed by atoms with Crippen LogP contribution in [0, 0.1) is 6.92 Å². The largest absolute Gasteiger partial charge is 0.379 e. The highest BCUT2D eigenvalue weighted by Crippen LogP contribution is 2.26. The molecule has 0 radical (unpaired) electrons. The lowest BCUT2D eigenvalue weighted by atomic mass is 10.2. The average molecular weight is 425 g/mol. The van der Waals surface area contributed by atoms with Crippen LogP contribution in [-0.2, 0) is 14.8 Å². The van der Waals surface area contributed by atoms with E-state index in [9.17, 15) is 13.2 Å². The molecular weight excluding hydrogens is 400 g/mol. The number of amides is 1. The van der Waals surface area contributed by atoms with Crippen molar-refractivity contribution in [3.05, 3.63) is 58.6 Å². The lowest BCUT2D eigenvalue weighted by Crippen LogP contribution is -2.25. The highest BCUT2D eigenvalue weighted by molar-refractivity contribution is 7.92. The van der Waals surface area contributed by atoms with Crippen molar-refractivity contribution in [1.82, 2.24) is 5.32 Å². The predicted octanol–water partition coefficient (Wildman–Crippen LogP) is 3.99. The van der Waals surface area contributed by atoms with E-state index in [2.05, 4.69) is 10.0 Å². The van der Waals surface area contributed by atoms with E-state index in [1.165, 1.54) is 30.3 Å². The first-order valence-corrected chi connectivity index (χ1v) is 10.8. The molecule has 0 fully saturated rings. The number of anilines is 1. The van der Waals surface area contributed by atoms with Crippen LogP contribution < -0.4 is 10.0 Å². The number of hydrogen-bond donors (Lipinski definition) is 2. The van der Waals surface area contributed by atoms with Crippen molar-refractivity contribution in [3.8, 4) is 0 Å². The number of hydrogen-bond acceptors (Lipinski definition) is 4. The van der Waals surface area contributed by atoms with Crippen molar-refractivity contribution in [2.24, 2.45) is 0 Å². The summed E-state index contributed by atoms with van der Waals surface area (Å²) in [5, 5.41) is 2.93. The van der Waals surface area contributed by atoms with Crippen molar-refractivity contribution in [2.45, 2.75) is 38.2 Å². The first-order valence-electron chi connectivity index (χ1n) is 8.98. The first kappa shape index (κ1) is 22.2. The van der Waals surface area contributed by atoms with Gasteiger partial charge in [0, 0.05) is 18.7 Å². The molecule has 0 spiro atoms. The van der Waals surface area contributed by atoms with Gasteiger partial charge in [-0.25, -0.2) is 8.42 Å². The minimum Gasteiger partial charge on any atom is -0.379 e. The quantitative estimate of drug-likeness (QED) is 0.596. The van der Waals surface area contributed by atoms with Gasteiger partial charge in [-0.2, -0.15) is 0 Å². The molecule has 152 valence electrons. The predicted molar refractivity (Wildman–Crippen MR) is 111 cm³/mol. The highest BCUT2D eigenvalue weighted by Gasteiger charge is 2.16. The van der Waals surface area contributed by atoms with E-state index < -0.39 is 10.0 Å². The van der Waals surface area contributed by atoms with Crippen molar-refractivity contribution in [1.29, 1.82) is 0 Å². The molecule has 0 heterocycles. The summed E-state index contributed by atoms with van der Waals surface area (Å²) in [6.07, 6.45) is 0.859. The molecule has 0 aliphatic carbocycles. The second kappa shape index (κ2) is 9.91. The molecule has 0 saturated carbocycles. The van der Waals surface area contributed by atoms with Gasteiger partial charge in [-0.05, 0) is 57.5 Å². The van der Waals surface area contributed by atoms with Crippen LogP contribution in [0.1, 0.15) is 36.2 Å². The summed E-state index contributed by atoms with van der Waals surface area (Å²) in [6.45, 7) is 6.83. The van der Waals surface area contributed by atoms with Crippen LogP contribution in [0.3, 0.4) is 0 Å². The van der Waals surface area contributed by atoms with Crippen LogP contribution in [-0.4, -0.2) is 33.6 Å². The zero-order valence-corrected chi connectivity index (χ0v) is 17.7. The fraction of sp³-hybridized carbons (Fsp3) is 0.350. The molecular formula is C20H25ClN2O4S. The van der Waals surface area contributed by atoms with Gasteiger partial charge in [0.1, 0.15) is 0 Å². The maximum atomic E-state index is 12.5. The third-order valence-electron chi connectivity index (χ3n) is 3.86. The Morgan fingerprint density at radius 1 is 1.14 bits per heavy atom. The van der Waals surface area contributed by atoms with Crippen LogP contribution in [0.15, 0.2) is 47.4 Å². The van der Waals surface area contributed by atoms with Crippen molar-refractivity contribution in [2.75, 3.05) is 17.9 Å². The molecule has 0 bridgehead atoms. The van der Waals surface area contributed by atoms with Gasteiger partial charge >= 0.3 is 0 Å². The highest BCUT2D eigenvalue weighted by atomic mass is 35.5. The third-order valence-corrected chi connectivity index (χ3v) is 5.56. The minimum atomic E-state index is -3.76. The molecule has 0 saturated heterocycles. The summed E-state index contributed by atoms with van der Waals surface area (Å²) >= 11 is 6.18. The topological polar surface area (TPSA) is 84.5 Å². The van der Waals surface area contributed by atoms with Gasteiger partial charge in [0.15, 0.2) is 0 Å². The van der Waals surface area contributed by atoms with Gasteiger partial charge in [0.05, 0.1) is 21.7 Å². The van der Waals surface area contributed by atoms with E-state index in [1.54, 1.807) is 12.1 Å². The van der Waals surface area contributed by atoms with Crippen LogP contribution in [0.5, 0.6) is 0 Å². The Balaban J connectivity index is 1.99. The molecule has 0 aliphatic heterocycles. The molecule has 0 aromatic heterocycles. The number of halogens is 1. The van der Waals surface area contributed by atoms with Crippen molar-refractivity contribution >= 4 is 33.2 Å². The summed E-state index contributed by atoms with van der Waals surface area (Å²) in [4.78, 5) is 12.3. The molecule has 28 heavy (non-hydrogen) atoms. The van der Waals surface area contributed by atoms with E-state index >= 15 is 0 Å². The summed E-state index contributed by atoms with van der Waals surface area (Å²) in [7, 11) is -3.76. The first-order chi connectivity index (χ1) is 13.2. The fourth-order valence-corrected chi connectivity index (χ4v) is 3.72. The fourth-order valence-electron chi connectivity index (χ4n) is 2.36. The van der Waals surface area contributed by atoms with E-state index in [0.29, 0.717) is 25.1 Å². The van der Waals surface area contributed by atoms with Gasteiger partial charge < -0.3 is 10.1 Å². The Morgan fingerprint density at radius 3 is 2.43 bits per heavy atom. The van der Waals surface area contributed by atoms with Crippen molar-refractivity contribution < 1.29 is 17.9 Å². The van der Waals surface area contributed by atoms with E-state index in [-0.39, 0.29) is 27.6 Å². The van der Waals surface area contributed by atoms with Gasteiger partial charge in [0.25, 0.3) is 15.9 Å². The number of ether oxygens (including phenoxy) is 1. The smallest absolute Gasteiger partial charge is 0.261 e. The zero-order chi connectivity index (χ0) is 20.7. The monoisotopic (exact) mass is 424 g/mol. The van der Waals surface area contributed by atoms with Gasteiger partial charge in [0.2, 0.25) is 0 Å². The molecule has 0 unspecified atom stereocenters. The van der Waals surface area contributed by atoms with E-state index in [4.69, 9.17) is 16.3 Å². The molecule has 2 aromatic rings. The summed E-state index contributed by atoms with van der Waals surface area (Å²) in [5.41, 5.74) is 1.53. The zero-order valence-electron chi connectivity index (χ0n) is 16.2. The second-order valence-corrected chi connectivity index (χ2v) is 8.73. The van der Waals surface area contributed by atoms with Crippen LogP contribution in [0.25, 0.3) is 0 Å². The Hall–Kier alpha value is -2.09. The molecule has 2 N–H and O–H groups in total. The van der Waals surface area contributed by atoms with E-state index in [0.717, 1.165) is 5.56 Å². The summed E-state index contributed by atoms with van der Waals surface area (Å²) < 4.78 is 32.8. The van der Waals surface area contributed by atoms with Gasteiger partial charge in [-0.3, -0.25) is 9.52 Å². The Morgan fingerprint density at radius 2 is 1.82 bits per heavy atom. The molecule has 0 atom stereocenters. The normalized spacial score (nSPS) is 11.5. The molecule has 1 amide bonds. The molecule has 2 rings (SSSR count). The molecule has 8 heteroatoms. The lowest BCUT2D eigenvalue weighted by molar-refractivity contribution is 0.0757. The Labute approximate surface area is 171 Å². The Kier molecular flexibility index (Phi) is 7.86. The molecule has 2 aromatic carbocycles. The molecule has 6 nitrogen and oxygen atoms in total. The lowest BCUT2D eigenvalue weighted by Gasteiger charge is -2.12. The maximum Gasteiger partial charge on any atom is 0.261 e. The molecule has 0 aliphatic rings. The van der Waals surface area contributed by atoms with Gasteiger partial charge in [-0.15, -0.1) is 0 Å². The standard InChI is InChI=1S/C20H25ClN2O4S/c1-14(2)27-12-4-11-22-20(24)16-7-10-19(18(21)13-16)23-28(25,26)17-8-5-15(3)6-9-17/h5-10,13-14,23H,4,11-12H2,1-3H3,(H,22,24). The maximum absolute atomic E-state index is 12.5. The Bertz CT molecular complexity index is 912. The van der Waals surface area contributed by atoms with Crippen molar-refractivity contribution in [3.63, 3.8) is 0 Å². The number of nitrogens with one attached hydrogen (secondary N) is 2. The number of aryl methyl sites for hydroxylation is 1. The average Bonchev–Trinajstić information content (AvgIpc) is 2.63. The minimum absolute atomic E-state index is 0.139. The number of carbonyl (C=O) groups is 1. The number of benzene rings is 2. The second-order valence-electron chi connectivity index (χ2n) is 6.64. The van der Waals surface area contributed by atoms with Crippen LogP contribution >= 0.6 is 11.6 Å².